The summed E-state index contributed by atoms with van der Waals surface area (Å²) in [5.41, 5.74) is 5.66. The zero-order valence-corrected chi connectivity index (χ0v) is 9.61. The third-order valence-corrected chi connectivity index (χ3v) is 2.32. The normalized spacial score (nSPS) is 10.5. The van der Waals surface area contributed by atoms with E-state index in [0.29, 0.717) is 15.8 Å². The van der Waals surface area contributed by atoms with Gasteiger partial charge in [0, 0.05) is 6.08 Å². The fourth-order valence-electron chi connectivity index (χ4n) is 1.02. The maximum atomic E-state index is 10.5. The maximum Gasteiger partial charge on any atom is 0.241 e. The van der Waals surface area contributed by atoms with Gasteiger partial charge in [0.2, 0.25) is 5.91 Å². The summed E-state index contributed by atoms with van der Waals surface area (Å²) in [4.78, 5) is 10.5. The van der Waals surface area contributed by atoms with Crippen molar-refractivity contribution in [2.45, 2.75) is 0 Å². The highest BCUT2D eigenvalue weighted by atomic mass is 79.9. The number of ether oxygens (including phenoxy) is 1. The summed E-state index contributed by atoms with van der Waals surface area (Å²) in [6, 6.07) is 3.25. The van der Waals surface area contributed by atoms with E-state index in [1.54, 1.807) is 12.1 Å². The number of halogens is 1. The summed E-state index contributed by atoms with van der Waals surface area (Å²) in [5, 5.41) is 9.51. The van der Waals surface area contributed by atoms with Gasteiger partial charge in [0.25, 0.3) is 0 Å². The minimum absolute atomic E-state index is 0.0220. The van der Waals surface area contributed by atoms with E-state index in [0.717, 1.165) is 0 Å². The third kappa shape index (κ3) is 2.99. The Kier molecular flexibility index (Phi) is 3.74. The van der Waals surface area contributed by atoms with Crippen molar-refractivity contribution >= 4 is 27.9 Å². The molecule has 0 aliphatic rings. The SMILES string of the molecule is COc1cc(/C=C\C(N)=O)cc(Br)c1O. The van der Waals surface area contributed by atoms with Crippen LogP contribution in [0.3, 0.4) is 0 Å². The lowest BCUT2D eigenvalue weighted by Crippen LogP contribution is -2.05. The van der Waals surface area contributed by atoms with Crippen LogP contribution in [0.15, 0.2) is 22.7 Å². The smallest absolute Gasteiger partial charge is 0.241 e. The molecule has 0 saturated carbocycles. The Bertz CT molecular complexity index is 415. The summed E-state index contributed by atoms with van der Waals surface area (Å²) >= 11 is 3.16. The molecule has 0 radical (unpaired) electrons. The molecule has 0 bridgehead atoms. The van der Waals surface area contributed by atoms with Crippen molar-refractivity contribution in [3.8, 4) is 11.5 Å². The molecule has 5 heteroatoms. The van der Waals surface area contributed by atoms with Crippen LogP contribution in [0.5, 0.6) is 11.5 Å². The van der Waals surface area contributed by atoms with Gasteiger partial charge in [-0.1, -0.05) is 0 Å². The van der Waals surface area contributed by atoms with Gasteiger partial charge in [0.1, 0.15) is 0 Å². The molecule has 0 atom stereocenters. The van der Waals surface area contributed by atoms with Gasteiger partial charge in [-0.3, -0.25) is 4.79 Å². The first-order valence-electron chi connectivity index (χ1n) is 4.08. The Morgan fingerprint density at radius 2 is 2.27 bits per heavy atom. The van der Waals surface area contributed by atoms with Crippen LogP contribution in [-0.4, -0.2) is 18.1 Å². The zero-order valence-electron chi connectivity index (χ0n) is 8.03. The van der Waals surface area contributed by atoms with E-state index in [-0.39, 0.29) is 5.75 Å². The van der Waals surface area contributed by atoms with Crippen molar-refractivity contribution in [1.29, 1.82) is 0 Å². The molecule has 15 heavy (non-hydrogen) atoms. The van der Waals surface area contributed by atoms with Gasteiger partial charge in [0.05, 0.1) is 11.6 Å². The first kappa shape index (κ1) is 11.6. The number of amides is 1. The first-order chi connectivity index (χ1) is 7.04. The zero-order chi connectivity index (χ0) is 11.4. The molecule has 0 saturated heterocycles. The fraction of sp³-hybridized carbons (Fsp3) is 0.100. The van der Waals surface area contributed by atoms with Gasteiger partial charge in [-0.15, -0.1) is 0 Å². The number of primary amides is 1. The molecule has 0 fully saturated rings. The molecule has 0 spiro atoms. The predicted octanol–water partition coefficient (Wildman–Crippen LogP) is 1.66. The molecule has 1 rings (SSSR count). The maximum absolute atomic E-state index is 10.5. The molecule has 4 nitrogen and oxygen atoms in total. The number of hydrogen-bond acceptors (Lipinski definition) is 3. The van der Waals surface area contributed by atoms with Crippen LogP contribution < -0.4 is 10.5 Å². The van der Waals surface area contributed by atoms with Crippen molar-refractivity contribution < 1.29 is 14.6 Å². The first-order valence-corrected chi connectivity index (χ1v) is 4.88. The summed E-state index contributed by atoms with van der Waals surface area (Å²) in [6.07, 6.45) is 2.77. The number of phenolic OH excluding ortho intramolecular Hbond substituents is 1. The Labute approximate surface area is 95.5 Å². The molecule has 0 aliphatic carbocycles. The summed E-state index contributed by atoms with van der Waals surface area (Å²) in [5.74, 6) is -0.180. The van der Waals surface area contributed by atoms with Crippen LogP contribution >= 0.6 is 15.9 Å². The van der Waals surface area contributed by atoms with Gasteiger partial charge in [-0.05, 0) is 39.7 Å². The Morgan fingerprint density at radius 1 is 1.60 bits per heavy atom. The largest absolute Gasteiger partial charge is 0.503 e. The molecular formula is C10H10BrNO3. The number of hydrogen-bond donors (Lipinski definition) is 2. The molecule has 0 unspecified atom stereocenters. The highest BCUT2D eigenvalue weighted by Gasteiger charge is 2.06. The Morgan fingerprint density at radius 3 is 2.80 bits per heavy atom. The van der Waals surface area contributed by atoms with Crippen molar-refractivity contribution in [3.63, 3.8) is 0 Å². The minimum Gasteiger partial charge on any atom is -0.503 e. The lowest BCUT2D eigenvalue weighted by atomic mass is 10.2. The number of rotatable bonds is 3. The van der Waals surface area contributed by atoms with Crippen LogP contribution in [0.4, 0.5) is 0 Å². The van der Waals surface area contributed by atoms with E-state index in [1.165, 1.54) is 19.3 Å². The Hall–Kier alpha value is -1.49. The van der Waals surface area contributed by atoms with E-state index >= 15 is 0 Å². The second kappa shape index (κ2) is 4.84. The quantitative estimate of drug-likeness (QED) is 0.822. The highest BCUT2D eigenvalue weighted by molar-refractivity contribution is 9.10. The van der Waals surface area contributed by atoms with Crippen molar-refractivity contribution in [2.75, 3.05) is 7.11 Å². The van der Waals surface area contributed by atoms with Gasteiger partial charge in [-0.2, -0.15) is 0 Å². The molecule has 1 aromatic carbocycles. The van der Waals surface area contributed by atoms with Crippen LogP contribution in [0.2, 0.25) is 0 Å². The number of aromatic hydroxyl groups is 1. The molecule has 3 N–H and O–H groups in total. The molecule has 1 amide bonds. The van der Waals surface area contributed by atoms with Crippen LogP contribution in [0, 0.1) is 0 Å². The van der Waals surface area contributed by atoms with E-state index < -0.39 is 5.91 Å². The van der Waals surface area contributed by atoms with Gasteiger partial charge in [-0.25, -0.2) is 0 Å². The number of carbonyl (C=O) groups excluding carboxylic acids is 1. The molecule has 1 aromatic rings. The fourth-order valence-corrected chi connectivity index (χ4v) is 1.48. The lowest BCUT2D eigenvalue weighted by molar-refractivity contribution is -0.113. The van der Waals surface area contributed by atoms with Gasteiger partial charge >= 0.3 is 0 Å². The second-order valence-electron chi connectivity index (χ2n) is 2.79. The average Bonchev–Trinajstić information content (AvgIpc) is 2.19. The van der Waals surface area contributed by atoms with E-state index in [1.807, 2.05) is 0 Å². The number of benzene rings is 1. The number of phenols is 1. The number of carbonyl (C=O) groups is 1. The summed E-state index contributed by atoms with van der Waals surface area (Å²) in [6.45, 7) is 0. The van der Waals surface area contributed by atoms with Crippen molar-refractivity contribution in [3.05, 3.63) is 28.2 Å². The number of nitrogens with two attached hydrogens (primary N) is 1. The molecule has 80 valence electrons. The molecule has 0 aromatic heterocycles. The lowest BCUT2D eigenvalue weighted by Gasteiger charge is -2.06. The Balaban J connectivity index is 3.11. The van der Waals surface area contributed by atoms with E-state index in [9.17, 15) is 9.90 Å². The summed E-state index contributed by atoms with van der Waals surface area (Å²) < 4.78 is 5.43. The van der Waals surface area contributed by atoms with Crippen molar-refractivity contribution in [1.82, 2.24) is 0 Å². The highest BCUT2D eigenvalue weighted by Crippen LogP contribution is 2.35. The summed E-state index contributed by atoms with van der Waals surface area (Å²) in [7, 11) is 1.45. The molecule has 0 aliphatic heterocycles. The topological polar surface area (TPSA) is 72.5 Å². The van der Waals surface area contributed by atoms with Gasteiger partial charge in [0.15, 0.2) is 11.5 Å². The average molecular weight is 272 g/mol. The molecular weight excluding hydrogens is 262 g/mol. The minimum atomic E-state index is -0.529. The van der Waals surface area contributed by atoms with Crippen LogP contribution in [-0.2, 0) is 4.79 Å². The van der Waals surface area contributed by atoms with E-state index in [4.69, 9.17) is 10.5 Å². The second-order valence-corrected chi connectivity index (χ2v) is 3.64. The van der Waals surface area contributed by atoms with Crippen LogP contribution in [0.25, 0.3) is 6.08 Å². The standard InChI is InChI=1S/C10H10BrNO3/c1-15-8-5-6(2-3-9(12)13)4-7(11)10(8)14/h2-5,14H,1H3,(H2,12,13)/b3-2-. The number of methoxy groups -OCH3 is 1. The molecule has 0 heterocycles. The van der Waals surface area contributed by atoms with Crippen molar-refractivity contribution in [2.24, 2.45) is 5.73 Å². The predicted molar refractivity (Wildman–Crippen MR) is 60.6 cm³/mol. The monoisotopic (exact) mass is 271 g/mol. The third-order valence-electron chi connectivity index (χ3n) is 1.71. The van der Waals surface area contributed by atoms with E-state index in [2.05, 4.69) is 15.9 Å². The van der Waals surface area contributed by atoms with Crippen LogP contribution in [0.1, 0.15) is 5.56 Å². The van der Waals surface area contributed by atoms with Gasteiger partial charge < -0.3 is 15.6 Å².